The largest absolute Gasteiger partial charge is 0.573 e. The Bertz CT molecular complexity index is 333. The van der Waals surface area contributed by atoms with Crippen LogP contribution in [0.25, 0.3) is 0 Å². The van der Waals surface area contributed by atoms with Crippen molar-refractivity contribution in [3.63, 3.8) is 0 Å². The van der Waals surface area contributed by atoms with E-state index in [9.17, 15) is 17.6 Å². The summed E-state index contributed by atoms with van der Waals surface area (Å²) in [6.07, 6.45) is -4.95. The first-order valence-corrected chi connectivity index (χ1v) is 4.52. The van der Waals surface area contributed by atoms with E-state index in [-0.39, 0.29) is 8.85 Å². The van der Waals surface area contributed by atoms with Crippen LogP contribution in [0.15, 0.2) is 6.07 Å². The van der Waals surface area contributed by atoms with Crippen LogP contribution >= 0.6 is 34.2 Å². The highest BCUT2D eigenvalue weighted by Gasteiger charge is 2.33. The Balaban J connectivity index is 3.09. The van der Waals surface area contributed by atoms with Crippen LogP contribution in [0.3, 0.4) is 0 Å². The second-order valence-electron chi connectivity index (χ2n) is 2.09. The zero-order chi connectivity index (χ0) is 10.9. The van der Waals surface area contributed by atoms with E-state index in [0.717, 1.165) is 0 Å². The van der Waals surface area contributed by atoms with Gasteiger partial charge in [-0.3, -0.25) is 0 Å². The van der Waals surface area contributed by atoms with Crippen molar-refractivity contribution in [1.82, 2.24) is 4.98 Å². The van der Waals surface area contributed by atoms with E-state index < -0.39 is 17.9 Å². The highest BCUT2D eigenvalue weighted by atomic mass is 127. The number of pyridine rings is 1. The smallest absolute Gasteiger partial charge is 0.400 e. The molecule has 0 saturated heterocycles. The Hall–Kier alpha value is -0.310. The molecule has 0 fully saturated rings. The minimum atomic E-state index is -4.95. The summed E-state index contributed by atoms with van der Waals surface area (Å²) >= 11 is 6.69. The molecular formula is C6HClF4INO. The molecule has 0 bridgehead atoms. The topological polar surface area (TPSA) is 22.1 Å². The van der Waals surface area contributed by atoms with E-state index in [1.807, 2.05) is 0 Å². The summed E-state index contributed by atoms with van der Waals surface area (Å²) in [7, 11) is 0. The summed E-state index contributed by atoms with van der Waals surface area (Å²) in [6, 6.07) is 0.644. The number of ether oxygens (including phenoxy) is 1. The van der Waals surface area contributed by atoms with Gasteiger partial charge in [-0.15, -0.1) is 13.2 Å². The molecule has 1 aromatic rings. The van der Waals surface area contributed by atoms with Gasteiger partial charge in [0, 0.05) is 6.07 Å². The fraction of sp³-hybridized carbons (Fsp3) is 0.167. The average molecular weight is 341 g/mol. The highest BCUT2D eigenvalue weighted by Crippen LogP contribution is 2.30. The number of rotatable bonds is 1. The van der Waals surface area contributed by atoms with E-state index >= 15 is 0 Å². The maximum atomic E-state index is 12.9. The van der Waals surface area contributed by atoms with Crippen LogP contribution in [0.1, 0.15) is 0 Å². The predicted molar refractivity (Wildman–Crippen MR) is 48.6 cm³/mol. The van der Waals surface area contributed by atoms with Crippen LogP contribution in [-0.2, 0) is 0 Å². The van der Waals surface area contributed by atoms with Crippen molar-refractivity contribution in [3.8, 4) is 5.75 Å². The molecule has 14 heavy (non-hydrogen) atoms. The van der Waals surface area contributed by atoms with Gasteiger partial charge in [-0.25, -0.2) is 9.37 Å². The fourth-order valence-corrected chi connectivity index (χ4v) is 1.60. The molecule has 0 aliphatic carbocycles. The van der Waals surface area contributed by atoms with Gasteiger partial charge >= 0.3 is 6.36 Å². The van der Waals surface area contributed by atoms with Crippen molar-refractivity contribution in [2.45, 2.75) is 6.36 Å². The summed E-state index contributed by atoms with van der Waals surface area (Å²) < 4.78 is 51.3. The molecule has 0 aliphatic rings. The summed E-state index contributed by atoms with van der Waals surface area (Å²) in [5.74, 6) is -2.17. The number of nitrogens with zero attached hydrogens (tertiary/aromatic N) is 1. The van der Waals surface area contributed by atoms with Gasteiger partial charge in [0.05, 0.1) is 0 Å². The standard InChI is InChI=1S/C6HClF4INO/c7-3-1-2(8)4(5(12)13-3)14-6(9,10)11/h1H. The maximum Gasteiger partial charge on any atom is 0.573 e. The monoisotopic (exact) mass is 341 g/mol. The molecule has 0 spiro atoms. The van der Waals surface area contributed by atoms with Crippen LogP contribution in [0.2, 0.25) is 5.15 Å². The van der Waals surface area contributed by atoms with Gasteiger partial charge in [-0.1, -0.05) is 11.6 Å². The number of halogens is 6. The van der Waals surface area contributed by atoms with Crippen molar-refractivity contribution < 1.29 is 22.3 Å². The van der Waals surface area contributed by atoms with E-state index in [1.165, 1.54) is 22.6 Å². The fourth-order valence-electron chi connectivity index (χ4n) is 0.652. The average Bonchev–Trinajstić information content (AvgIpc) is 1.95. The normalized spacial score (nSPS) is 11.6. The Morgan fingerprint density at radius 1 is 1.43 bits per heavy atom. The third-order valence-corrected chi connectivity index (χ3v) is 2.00. The molecule has 0 aliphatic heterocycles. The van der Waals surface area contributed by atoms with Crippen LogP contribution in [-0.4, -0.2) is 11.3 Å². The molecule has 0 saturated carbocycles. The first-order chi connectivity index (χ1) is 6.29. The molecule has 0 amide bonds. The van der Waals surface area contributed by atoms with Gasteiger partial charge < -0.3 is 4.74 Å². The molecule has 0 radical (unpaired) electrons. The third kappa shape index (κ3) is 3.12. The van der Waals surface area contributed by atoms with Crippen LogP contribution in [0.4, 0.5) is 17.6 Å². The summed E-state index contributed by atoms with van der Waals surface area (Å²) in [4.78, 5) is 3.41. The Morgan fingerprint density at radius 2 is 2.00 bits per heavy atom. The second-order valence-corrected chi connectivity index (χ2v) is 3.50. The first-order valence-electron chi connectivity index (χ1n) is 3.07. The molecule has 0 atom stereocenters. The van der Waals surface area contributed by atoms with Gasteiger partial charge in [0.15, 0.2) is 11.6 Å². The van der Waals surface area contributed by atoms with Gasteiger partial charge in [-0.05, 0) is 22.6 Å². The second kappa shape index (κ2) is 4.05. The Kier molecular flexibility index (Phi) is 3.40. The van der Waals surface area contributed by atoms with Crippen molar-refractivity contribution >= 4 is 34.2 Å². The van der Waals surface area contributed by atoms with Crippen molar-refractivity contribution in [1.29, 1.82) is 0 Å². The molecule has 1 rings (SSSR count). The number of aromatic nitrogens is 1. The van der Waals surface area contributed by atoms with Gasteiger partial charge in [-0.2, -0.15) is 0 Å². The maximum absolute atomic E-state index is 12.9. The van der Waals surface area contributed by atoms with E-state index in [2.05, 4.69) is 9.72 Å². The number of hydrogen-bond acceptors (Lipinski definition) is 2. The number of alkyl halides is 3. The highest BCUT2D eigenvalue weighted by molar-refractivity contribution is 14.1. The minimum absolute atomic E-state index is 0.235. The van der Waals surface area contributed by atoms with E-state index in [0.29, 0.717) is 6.07 Å². The van der Waals surface area contributed by atoms with Crippen LogP contribution in [0, 0.1) is 9.52 Å². The van der Waals surface area contributed by atoms with Crippen LogP contribution < -0.4 is 4.74 Å². The molecule has 1 aromatic heterocycles. The molecule has 0 N–H and O–H groups in total. The van der Waals surface area contributed by atoms with Crippen molar-refractivity contribution in [2.75, 3.05) is 0 Å². The lowest BCUT2D eigenvalue weighted by atomic mass is 10.4. The summed E-state index contributed by atoms with van der Waals surface area (Å²) in [5.41, 5.74) is 0. The number of hydrogen-bond donors (Lipinski definition) is 0. The minimum Gasteiger partial charge on any atom is -0.400 e. The SMILES string of the molecule is Fc1cc(Cl)nc(I)c1OC(F)(F)F. The van der Waals surface area contributed by atoms with E-state index in [4.69, 9.17) is 11.6 Å². The van der Waals surface area contributed by atoms with Crippen LogP contribution in [0.5, 0.6) is 5.75 Å². The Labute approximate surface area is 94.4 Å². The first kappa shape index (κ1) is 11.8. The Morgan fingerprint density at radius 3 is 2.43 bits per heavy atom. The van der Waals surface area contributed by atoms with E-state index in [1.54, 1.807) is 0 Å². The molecule has 8 heteroatoms. The molecule has 2 nitrogen and oxygen atoms in total. The van der Waals surface area contributed by atoms with Crippen molar-refractivity contribution in [2.24, 2.45) is 0 Å². The summed E-state index contributed by atoms with van der Waals surface area (Å²) in [6.45, 7) is 0. The lowest BCUT2D eigenvalue weighted by molar-refractivity contribution is -0.276. The zero-order valence-electron chi connectivity index (χ0n) is 6.20. The lowest BCUT2D eigenvalue weighted by Gasteiger charge is -2.10. The van der Waals surface area contributed by atoms with Gasteiger partial charge in [0.25, 0.3) is 0 Å². The molecule has 0 aromatic carbocycles. The van der Waals surface area contributed by atoms with Gasteiger partial charge in [0.2, 0.25) is 0 Å². The zero-order valence-corrected chi connectivity index (χ0v) is 9.11. The molecule has 78 valence electrons. The molecule has 0 unspecified atom stereocenters. The third-order valence-electron chi connectivity index (χ3n) is 1.07. The van der Waals surface area contributed by atoms with Crippen molar-refractivity contribution in [3.05, 3.63) is 20.7 Å². The molecule has 1 heterocycles. The lowest BCUT2D eigenvalue weighted by Crippen LogP contribution is -2.19. The summed E-state index contributed by atoms with van der Waals surface area (Å²) in [5, 5.41) is -0.235. The molecular weight excluding hydrogens is 340 g/mol. The quantitative estimate of drug-likeness (QED) is 0.444. The predicted octanol–water partition coefficient (Wildman–Crippen LogP) is 3.38. The van der Waals surface area contributed by atoms with Gasteiger partial charge in [0.1, 0.15) is 8.85 Å².